The molecule has 0 aromatic heterocycles. The molecule has 8 N–H and O–H groups in total. The summed E-state index contributed by atoms with van der Waals surface area (Å²) < 4.78 is 0. The summed E-state index contributed by atoms with van der Waals surface area (Å²) in [6.07, 6.45) is 17.6. The minimum Gasteiger partial charge on any atom is -0.393 e. The van der Waals surface area contributed by atoms with Crippen LogP contribution in [-0.4, -0.2) is 93.4 Å². The third-order valence-corrected chi connectivity index (χ3v) is 9.94. The number of nitrogens with one attached hydrogen (secondary N) is 5. The number of aliphatic hydroxyl groups is 3. The molecule has 0 radical (unpaired) electrons. The van der Waals surface area contributed by atoms with Crippen molar-refractivity contribution < 1.29 is 39.3 Å². The number of terminal acetylenes is 1. The zero-order chi connectivity index (χ0) is 45.9. The lowest BCUT2D eigenvalue weighted by atomic mass is 9.92. The highest BCUT2D eigenvalue weighted by molar-refractivity contribution is 5.79. The summed E-state index contributed by atoms with van der Waals surface area (Å²) in [7, 11) is 0. The molecule has 0 bridgehead atoms. The molecule has 0 saturated heterocycles. The second-order valence-electron chi connectivity index (χ2n) is 18.6. The highest BCUT2D eigenvalue weighted by atomic mass is 16.3. The van der Waals surface area contributed by atoms with E-state index in [1.54, 1.807) is 20.8 Å². The van der Waals surface area contributed by atoms with Gasteiger partial charge in [0.2, 0.25) is 29.5 Å². The van der Waals surface area contributed by atoms with Gasteiger partial charge in [0.1, 0.15) is 0 Å². The van der Waals surface area contributed by atoms with Crippen molar-refractivity contribution in [2.24, 2.45) is 29.6 Å². The van der Waals surface area contributed by atoms with Gasteiger partial charge in [0.25, 0.3) is 0 Å². The quantitative estimate of drug-likeness (QED) is 0.104. The molecule has 3 aliphatic carbocycles. The summed E-state index contributed by atoms with van der Waals surface area (Å²) >= 11 is 0. The van der Waals surface area contributed by atoms with Gasteiger partial charge < -0.3 is 41.9 Å². The van der Waals surface area contributed by atoms with E-state index in [1.165, 1.54) is 32.1 Å². The highest BCUT2D eigenvalue weighted by Crippen LogP contribution is 2.37. The monoisotopic (exact) mass is 838 g/mol. The predicted octanol–water partition coefficient (Wildman–Crippen LogP) is 5.53. The fraction of sp³-hybridized carbons (Fsp3) is 0.848. The van der Waals surface area contributed by atoms with E-state index in [9.17, 15) is 34.2 Å². The lowest BCUT2D eigenvalue weighted by molar-refractivity contribution is -0.125. The van der Waals surface area contributed by atoms with Gasteiger partial charge in [-0.25, -0.2) is 0 Å². The zero-order valence-corrected chi connectivity index (χ0v) is 39.3. The molecule has 0 aliphatic heterocycles. The van der Waals surface area contributed by atoms with Crippen LogP contribution in [-0.2, 0) is 24.0 Å². The average molecular weight is 838 g/mol. The van der Waals surface area contributed by atoms with E-state index < -0.39 is 11.1 Å². The third-order valence-electron chi connectivity index (χ3n) is 9.94. The molecule has 3 aliphatic rings. The lowest BCUT2D eigenvalue weighted by Crippen LogP contribution is -2.44. The molecule has 0 spiro atoms. The summed E-state index contributed by atoms with van der Waals surface area (Å²) in [5.74, 6) is 3.14. The van der Waals surface area contributed by atoms with Crippen LogP contribution in [0.4, 0.5) is 0 Å². The molecule has 59 heavy (non-hydrogen) atoms. The molecule has 3 unspecified atom stereocenters. The zero-order valence-electron chi connectivity index (χ0n) is 39.3. The molecular weight excluding hydrogens is 751 g/mol. The molecule has 13 heteroatoms. The number of hydrogen-bond donors (Lipinski definition) is 8. The van der Waals surface area contributed by atoms with Crippen LogP contribution in [0.1, 0.15) is 173 Å². The van der Waals surface area contributed by atoms with E-state index in [2.05, 4.69) is 32.5 Å². The number of carbonyl (C=O) groups is 5. The smallest absolute Gasteiger partial charge is 0.223 e. The number of carbonyl (C=O) groups excluding carboxylic acids is 5. The Balaban J connectivity index is 0. The largest absolute Gasteiger partial charge is 0.393 e. The van der Waals surface area contributed by atoms with E-state index >= 15 is 0 Å². The van der Waals surface area contributed by atoms with Crippen LogP contribution >= 0.6 is 0 Å². The Labute approximate surface area is 358 Å². The molecule has 5 amide bonds. The topological polar surface area (TPSA) is 206 Å². The summed E-state index contributed by atoms with van der Waals surface area (Å²) in [5.41, 5.74) is -0.967. The van der Waals surface area contributed by atoms with Crippen LogP contribution in [0, 0.1) is 41.9 Å². The van der Waals surface area contributed by atoms with Gasteiger partial charge in [-0.15, -0.1) is 6.42 Å². The first-order chi connectivity index (χ1) is 27.2. The standard InChI is InChI=1S/C10H19NO2.C10H19NO.C9H17NO2.C9H15NO.C8H17NO2/c1-7(2)10(13)11-8-4-3-5-9(12)6-8;1-8(2)10(12)11-9-6-4-3-5-7-9;1-7(2)8(11)10-6-5-9(12)3-4-9;1-6-9(4,5)10-8(11)7(2)3;1-6(2)8(11)9-5-4-7(3)10/h7-9,12H,3-6H2,1-2H3,(H,11,13);8-9H,3-7H2,1-2H3,(H,11,12);7,12H,3-6H2,1-2H3,(H,10,11);1,7H,2-5H3,(H,10,11);6-7,10H,4-5H2,1-3H3,(H,9,11). The van der Waals surface area contributed by atoms with Crippen molar-refractivity contribution >= 4 is 29.5 Å². The molecule has 3 saturated carbocycles. The summed E-state index contributed by atoms with van der Waals surface area (Å²) in [5, 5.41) is 41.9. The predicted molar refractivity (Wildman–Crippen MR) is 238 cm³/mol. The van der Waals surface area contributed by atoms with Crippen LogP contribution in [0.3, 0.4) is 0 Å². The van der Waals surface area contributed by atoms with Crippen molar-refractivity contribution in [3.8, 4) is 12.3 Å². The first kappa shape index (κ1) is 57.9. The minimum atomic E-state index is -0.526. The molecule has 0 aromatic carbocycles. The fourth-order valence-corrected chi connectivity index (χ4v) is 5.39. The molecule has 344 valence electrons. The Bertz CT molecular complexity index is 1250. The van der Waals surface area contributed by atoms with Gasteiger partial charge >= 0.3 is 0 Å². The summed E-state index contributed by atoms with van der Waals surface area (Å²) in [4.78, 5) is 55.7. The SMILES string of the molecule is C#CC(C)(C)NC(=O)C(C)C.CC(C)C(=O)NC1CCCC(O)C1.CC(C)C(=O)NC1CCCCC1.CC(C)C(=O)NCCC1(O)CC1.CC(O)CCNC(=O)C(C)C. The maximum Gasteiger partial charge on any atom is 0.223 e. The van der Waals surface area contributed by atoms with Crippen molar-refractivity contribution in [1.82, 2.24) is 26.6 Å². The number of hydrogen-bond acceptors (Lipinski definition) is 8. The second kappa shape index (κ2) is 30.8. The molecule has 0 heterocycles. The second-order valence-corrected chi connectivity index (χ2v) is 18.6. The molecule has 3 atom stereocenters. The molecule has 13 nitrogen and oxygen atoms in total. The number of aliphatic hydroxyl groups excluding tert-OH is 2. The molecular formula is C46H87N5O8. The van der Waals surface area contributed by atoms with Gasteiger partial charge in [0.05, 0.1) is 23.3 Å². The van der Waals surface area contributed by atoms with Gasteiger partial charge in [0.15, 0.2) is 0 Å². The Morgan fingerprint density at radius 2 is 1.07 bits per heavy atom. The summed E-state index contributed by atoms with van der Waals surface area (Å²) in [6, 6.07) is 0.660. The van der Waals surface area contributed by atoms with E-state index in [-0.39, 0.29) is 77.4 Å². The maximum absolute atomic E-state index is 11.3. The molecule has 3 rings (SSSR count). The number of rotatable bonds is 14. The van der Waals surface area contributed by atoms with Crippen LogP contribution in [0.15, 0.2) is 0 Å². The van der Waals surface area contributed by atoms with E-state index in [0.29, 0.717) is 32.0 Å². The van der Waals surface area contributed by atoms with Crippen LogP contribution in [0.5, 0.6) is 0 Å². The first-order valence-corrected chi connectivity index (χ1v) is 22.3. The Morgan fingerprint density at radius 1 is 0.644 bits per heavy atom. The number of amides is 5. The normalized spacial score (nSPS) is 18.8. The van der Waals surface area contributed by atoms with Crippen molar-refractivity contribution in [2.45, 2.75) is 209 Å². The van der Waals surface area contributed by atoms with E-state index in [4.69, 9.17) is 11.5 Å². The lowest BCUT2D eigenvalue weighted by Gasteiger charge is -2.27. The Morgan fingerprint density at radius 3 is 1.46 bits per heavy atom. The van der Waals surface area contributed by atoms with Crippen molar-refractivity contribution in [3.63, 3.8) is 0 Å². The van der Waals surface area contributed by atoms with Crippen LogP contribution in [0.25, 0.3) is 0 Å². The van der Waals surface area contributed by atoms with Gasteiger partial charge in [-0.05, 0) is 85.0 Å². The van der Waals surface area contributed by atoms with Crippen LogP contribution in [0.2, 0.25) is 0 Å². The van der Waals surface area contributed by atoms with E-state index in [1.807, 2.05) is 69.2 Å². The van der Waals surface area contributed by atoms with Gasteiger partial charge in [-0.2, -0.15) is 0 Å². The van der Waals surface area contributed by atoms with Crippen molar-refractivity contribution in [2.75, 3.05) is 13.1 Å². The minimum absolute atomic E-state index is 0.00653. The van der Waals surface area contributed by atoms with Gasteiger partial charge in [0, 0.05) is 54.8 Å². The maximum atomic E-state index is 11.3. The van der Waals surface area contributed by atoms with Gasteiger partial charge in [-0.3, -0.25) is 24.0 Å². The Hall–Kier alpha value is -3.21. The fourth-order valence-electron chi connectivity index (χ4n) is 5.39. The van der Waals surface area contributed by atoms with Gasteiger partial charge in [-0.1, -0.05) is 94.4 Å². The van der Waals surface area contributed by atoms with Crippen LogP contribution < -0.4 is 26.6 Å². The van der Waals surface area contributed by atoms with Crippen molar-refractivity contribution in [3.05, 3.63) is 0 Å². The Kier molecular flexibility index (Phi) is 30.2. The highest BCUT2D eigenvalue weighted by Gasteiger charge is 2.39. The third kappa shape index (κ3) is 32.3. The van der Waals surface area contributed by atoms with Crippen molar-refractivity contribution in [1.29, 1.82) is 0 Å². The molecule has 3 fully saturated rings. The first-order valence-electron chi connectivity index (χ1n) is 22.3. The molecule has 0 aromatic rings. The van der Waals surface area contributed by atoms with E-state index in [0.717, 1.165) is 38.5 Å². The average Bonchev–Trinajstić information content (AvgIpc) is 3.88. The summed E-state index contributed by atoms with van der Waals surface area (Å²) in [6.45, 7) is 25.2.